The minimum atomic E-state index is 0.0605. The summed E-state index contributed by atoms with van der Waals surface area (Å²) >= 11 is 0. The van der Waals surface area contributed by atoms with E-state index in [1.807, 2.05) is 54.3 Å². The van der Waals surface area contributed by atoms with Crippen LogP contribution in [-0.2, 0) is 13.0 Å². The van der Waals surface area contributed by atoms with E-state index in [9.17, 15) is 4.79 Å². The third kappa shape index (κ3) is 3.75. The standard InChI is InChI=1S/C24H20N2O/c1-18-9-10-21(16-20(18)11-12-23-8-4-5-14-25-23)24(27)26-15-13-19-6-2-3-7-22(19)17-26/h2-10,14,16H,13,15,17H2,1H3. The predicted molar refractivity (Wildman–Crippen MR) is 106 cm³/mol. The molecule has 1 amide bonds. The van der Waals surface area contributed by atoms with Crippen LogP contribution in [0.4, 0.5) is 0 Å². The predicted octanol–water partition coefficient (Wildman–Crippen LogP) is 3.99. The molecule has 0 N–H and O–H groups in total. The second kappa shape index (κ2) is 7.47. The molecule has 0 saturated heterocycles. The molecule has 3 heteroatoms. The van der Waals surface area contributed by atoms with Crippen LogP contribution in [0.5, 0.6) is 0 Å². The van der Waals surface area contributed by atoms with Crippen molar-refractivity contribution in [3.05, 3.63) is 100 Å². The van der Waals surface area contributed by atoms with Gasteiger partial charge >= 0.3 is 0 Å². The fourth-order valence-electron chi connectivity index (χ4n) is 3.31. The van der Waals surface area contributed by atoms with E-state index in [0.717, 1.165) is 29.8 Å². The van der Waals surface area contributed by atoms with Gasteiger partial charge in [-0.2, -0.15) is 0 Å². The van der Waals surface area contributed by atoms with Crippen molar-refractivity contribution < 1.29 is 4.79 Å². The second-order valence-corrected chi connectivity index (χ2v) is 6.74. The van der Waals surface area contributed by atoms with Gasteiger partial charge in [-0.1, -0.05) is 42.3 Å². The molecule has 1 aromatic heterocycles. The van der Waals surface area contributed by atoms with E-state index in [4.69, 9.17) is 0 Å². The van der Waals surface area contributed by atoms with Crippen LogP contribution in [0.15, 0.2) is 66.9 Å². The summed E-state index contributed by atoms with van der Waals surface area (Å²) in [6.45, 7) is 3.42. The van der Waals surface area contributed by atoms with Crippen LogP contribution >= 0.6 is 0 Å². The van der Waals surface area contributed by atoms with Crippen molar-refractivity contribution in [2.45, 2.75) is 19.9 Å². The van der Waals surface area contributed by atoms with Gasteiger partial charge in [-0.25, -0.2) is 4.98 Å². The summed E-state index contributed by atoms with van der Waals surface area (Å²) in [5.74, 6) is 6.29. The van der Waals surface area contributed by atoms with Crippen molar-refractivity contribution in [2.24, 2.45) is 0 Å². The van der Waals surface area contributed by atoms with Crippen LogP contribution < -0.4 is 0 Å². The molecule has 3 aromatic rings. The molecule has 0 aliphatic carbocycles. The largest absolute Gasteiger partial charge is 0.334 e. The van der Waals surface area contributed by atoms with Crippen molar-refractivity contribution in [3.8, 4) is 11.8 Å². The molecule has 132 valence electrons. The smallest absolute Gasteiger partial charge is 0.254 e. The quantitative estimate of drug-likeness (QED) is 0.621. The maximum atomic E-state index is 13.0. The Kier molecular flexibility index (Phi) is 4.72. The lowest BCUT2D eigenvalue weighted by Gasteiger charge is -2.29. The van der Waals surface area contributed by atoms with Crippen LogP contribution in [0.2, 0.25) is 0 Å². The van der Waals surface area contributed by atoms with E-state index in [1.54, 1.807) is 6.20 Å². The molecule has 0 atom stereocenters. The average Bonchev–Trinajstić information content (AvgIpc) is 2.73. The first-order valence-corrected chi connectivity index (χ1v) is 9.10. The number of hydrogen-bond donors (Lipinski definition) is 0. The number of fused-ring (bicyclic) bond motifs is 1. The Balaban J connectivity index is 1.58. The van der Waals surface area contributed by atoms with E-state index in [1.165, 1.54) is 11.1 Å². The highest BCUT2D eigenvalue weighted by Gasteiger charge is 2.21. The number of carbonyl (C=O) groups excluding carboxylic acids is 1. The highest BCUT2D eigenvalue weighted by molar-refractivity contribution is 5.95. The van der Waals surface area contributed by atoms with Crippen molar-refractivity contribution >= 4 is 5.91 Å². The molecule has 0 bridgehead atoms. The maximum Gasteiger partial charge on any atom is 0.254 e. The molecule has 1 aliphatic rings. The van der Waals surface area contributed by atoms with Gasteiger partial charge in [0, 0.05) is 30.4 Å². The fourth-order valence-corrected chi connectivity index (χ4v) is 3.31. The zero-order valence-corrected chi connectivity index (χ0v) is 15.3. The van der Waals surface area contributed by atoms with Gasteiger partial charge in [0.1, 0.15) is 5.69 Å². The van der Waals surface area contributed by atoms with Gasteiger partial charge < -0.3 is 4.90 Å². The number of pyridine rings is 1. The first-order valence-electron chi connectivity index (χ1n) is 9.10. The first kappa shape index (κ1) is 17.1. The molecule has 0 unspecified atom stereocenters. The molecule has 2 aromatic carbocycles. The van der Waals surface area contributed by atoms with Gasteiger partial charge in [-0.3, -0.25) is 4.79 Å². The number of carbonyl (C=O) groups is 1. The van der Waals surface area contributed by atoms with Crippen molar-refractivity contribution in [1.82, 2.24) is 9.88 Å². The number of amides is 1. The van der Waals surface area contributed by atoms with Crippen LogP contribution in [0, 0.1) is 18.8 Å². The summed E-state index contributed by atoms with van der Waals surface area (Å²) in [6, 6.07) is 19.8. The fraction of sp³-hybridized carbons (Fsp3) is 0.167. The molecule has 0 fully saturated rings. The SMILES string of the molecule is Cc1ccc(C(=O)N2CCc3ccccc3C2)cc1C#Cc1ccccn1. The maximum absolute atomic E-state index is 13.0. The summed E-state index contributed by atoms with van der Waals surface area (Å²) in [5, 5.41) is 0. The molecule has 1 aliphatic heterocycles. The molecule has 3 nitrogen and oxygen atoms in total. The molecule has 0 radical (unpaired) electrons. The normalized spacial score (nSPS) is 12.7. The van der Waals surface area contributed by atoms with E-state index < -0.39 is 0 Å². The van der Waals surface area contributed by atoms with Crippen molar-refractivity contribution in [3.63, 3.8) is 0 Å². The lowest BCUT2D eigenvalue weighted by Crippen LogP contribution is -2.35. The summed E-state index contributed by atoms with van der Waals surface area (Å²) in [7, 11) is 0. The Labute approximate surface area is 159 Å². The zero-order chi connectivity index (χ0) is 18.6. The van der Waals surface area contributed by atoms with Crippen LogP contribution in [0.25, 0.3) is 0 Å². The zero-order valence-electron chi connectivity index (χ0n) is 15.3. The van der Waals surface area contributed by atoms with Crippen LogP contribution in [0.1, 0.15) is 38.3 Å². The summed E-state index contributed by atoms with van der Waals surface area (Å²) < 4.78 is 0. The molecule has 0 saturated carbocycles. The molecular formula is C24H20N2O. The molecule has 4 rings (SSSR count). The molecule has 2 heterocycles. The number of hydrogen-bond acceptors (Lipinski definition) is 2. The molecular weight excluding hydrogens is 332 g/mol. The summed E-state index contributed by atoms with van der Waals surface area (Å²) in [6.07, 6.45) is 2.63. The Bertz CT molecular complexity index is 1040. The average molecular weight is 352 g/mol. The monoisotopic (exact) mass is 352 g/mol. The Morgan fingerprint density at radius 1 is 1.00 bits per heavy atom. The number of rotatable bonds is 1. The molecule has 27 heavy (non-hydrogen) atoms. The molecule has 0 spiro atoms. The van der Waals surface area contributed by atoms with Gasteiger partial charge in [-0.15, -0.1) is 0 Å². The van der Waals surface area contributed by atoms with Gasteiger partial charge in [0.25, 0.3) is 5.91 Å². The minimum absolute atomic E-state index is 0.0605. The number of benzene rings is 2. The van der Waals surface area contributed by atoms with E-state index in [0.29, 0.717) is 12.1 Å². The summed E-state index contributed by atoms with van der Waals surface area (Å²) in [5.41, 5.74) is 5.90. The Morgan fingerprint density at radius 3 is 2.63 bits per heavy atom. The highest BCUT2D eigenvalue weighted by atomic mass is 16.2. The van der Waals surface area contributed by atoms with Crippen molar-refractivity contribution in [1.29, 1.82) is 0 Å². The third-order valence-electron chi connectivity index (χ3n) is 4.89. The third-order valence-corrected chi connectivity index (χ3v) is 4.89. The lowest BCUT2D eigenvalue weighted by molar-refractivity contribution is 0.0734. The Hall–Kier alpha value is -3.38. The minimum Gasteiger partial charge on any atom is -0.334 e. The Morgan fingerprint density at radius 2 is 1.81 bits per heavy atom. The van der Waals surface area contributed by atoms with Crippen LogP contribution in [-0.4, -0.2) is 22.3 Å². The van der Waals surface area contributed by atoms with Gasteiger partial charge in [0.15, 0.2) is 0 Å². The van der Waals surface area contributed by atoms with Gasteiger partial charge in [0.05, 0.1) is 0 Å². The number of aromatic nitrogens is 1. The number of nitrogens with zero attached hydrogens (tertiary/aromatic N) is 2. The van der Waals surface area contributed by atoms with E-state index in [2.05, 4.69) is 35.0 Å². The highest BCUT2D eigenvalue weighted by Crippen LogP contribution is 2.21. The summed E-state index contributed by atoms with van der Waals surface area (Å²) in [4.78, 5) is 19.2. The van der Waals surface area contributed by atoms with Gasteiger partial charge in [0.2, 0.25) is 0 Å². The van der Waals surface area contributed by atoms with E-state index in [-0.39, 0.29) is 5.91 Å². The van der Waals surface area contributed by atoms with E-state index >= 15 is 0 Å². The van der Waals surface area contributed by atoms with Crippen molar-refractivity contribution in [2.75, 3.05) is 6.54 Å². The lowest BCUT2D eigenvalue weighted by atomic mass is 9.98. The first-order chi connectivity index (χ1) is 13.2. The number of aryl methyl sites for hydroxylation is 1. The van der Waals surface area contributed by atoms with Gasteiger partial charge in [-0.05, 0) is 60.2 Å². The van der Waals surface area contributed by atoms with Crippen LogP contribution in [0.3, 0.4) is 0 Å². The second-order valence-electron chi connectivity index (χ2n) is 6.74. The topological polar surface area (TPSA) is 33.2 Å².